The Morgan fingerprint density at radius 1 is 1.06 bits per heavy atom. The minimum atomic E-state index is -0.247. The lowest BCUT2D eigenvalue weighted by atomic mass is 10.1. The summed E-state index contributed by atoms with van der Waals surface area (Å²) in [6, 6.07) is 17.7. The van der Waals surface area contributed by atoms with Crippen LogP contribution in [0, 0.1) is 0 Å². The van der Waals surface area contributed by atoms with Gasteiger partial charge in [0.2, 0.25) is 0 Å². The second-order valence-electron chi connectivity index (χ2n) is 8.35. The van der Waals surface area contributed by atoms with Gasteiger partial charge in [-0.05, 0) is 62.1 Å². The summed E-state index contributed by atoms with van der Waals surface area (Å²) in [7, 11) is 0. The molecule has 5 rings (SSSR count). The summed E-state index contributed by atoms with van der Waals surface area (Å²) in [5, 5.41) is 5.87. The van der Waals surface area contributed by atoms with Crippen LogP contribution < -0.4 is 15.5 Å². The fraction of sp³-hybridized carbons (Fsp3) is 0.280. The maximum Gasteiger partial charge on any atom is 0.259 e. The molecule has 1 unspecified atom stereocenters. The molecule has 2 N–H and O–H groups in total. The first-order chi connectivity index (χ1) is 15.1. The highest BCUT2D eigenvalue weighted by Crippen LogP contribution is 2.33. The highest BCUT2D eigenvalue weighted by Gasteiger charge is 2.28. The van der Waals surface area contributed by atoms with Gasteiger partial charge in [-0.2, -0.15) is 0 Å². The second-order valence-corrected chi connectivity index (χ2v) is 8.35. The van der Waals surface area contributed by atoms with E-state index in [4.69, 9.17) is 4.42 Å². The van der Waals surface area contributed by atoms with Gasteiger partial charge >= 0.3 is 0 Å². The van der Waals surface area contributed by atoms with Crippen molar-refractivity contribution in [2.75, 3.05) is 10.2 Å². The zero-order valence-corrected chi connectivity index (χ0v) is 17.4. The summed E-state index contributed by atoms with van der Waals surface area (Å²) >= 11 is 0. The van der Waals surface area contributed by atoms with Crippen molar-refractivity contribution >= 4 is 23.2 Å². The van der Waals surface area contributed by atoms with E-state index in [1.54, 1.807) is 36.6 Å². The van der Waals surface area contributed by atoms with Gasteiger partial charge < -0.3 is 20.0 Å². The first kappa shape index (κ1) is 19.4. The van der Waals surface area contributed by atoms with Crippen LogP contribution in [0.15, 0.2) is 65.3 Å². The van der Waals surface area contributed by atoms with Crippen LogP contribution in [0.3, 0.4) is 0 Å². The van der Waals surface area contributed by atoms with Crippen LogP contribution in [0.5, 0.6) is 0 Å². The molecule has 1 aliphatic carbocycles. The molecule has 1 fully saturated rings. The summed E-state index contributed by atoms with van der Waals surface area (Å²) in [5.74, 6) is 0.275. The van der Waals surface area contributed by atoms with Crippen molar-refractivity contribution in [2.24, 2.45) is 0 Å². The first-order valence-electron chi connectivity index (χ1n) is 10.7. The van der Waals surface area contributed by atoms with Gasteiger partial charge in [0.15, 0.2) is 0 Å². The molecule has 1 atom stereocenters. The molecule has 2 aliphatic rings. The molecular weight excluding hydrogens is 390 g/mol. The van der Waals surface area contributed by atoms with Crippen molar-refractivity contribution in [3.63, 3.8) is 0 Å². The van der Waals surface area contributed by atoms with Gasteiger partial charge in [-0.3, -0.25) is 9.59 Å². The van der Waals surface area contributed by atoms with E-state index in [0.717, 1.165) is 19.3 Å². The van der Waals surface area contributed by atoms with Crippen LogP contribution in [0.2, 0.25) is 0 Å². The molecule has 31 heavy (non-hydrogen) atoms. The number of carbonyl (C=O) groups excluding carboxylic acids is 2. The Balaban J connectivity index is 1.31. The average Bonchev–Trinajstić information content (AvgIpc) is 3.36. The molecule has 1 aromatic heterocycles. The number of fused-ring (bicyclic) bond motifs is 1. The molecule has 0 radical (unpaired) electrons. The number of anilines is 2. The van der Waals surface area contributed by atoms with Crippen LogP contribution in [0.1, 0.15) is 51.8 Å². The number of hydrogen-bond donors (Lipinski definition) is 2. The minimum Gasteiger partial charge on any atom is -0.467 e. The van der Waals surface area contributed by atoms with Crippen LogP contribution in [0.4, 0.5) is 11.4 Å². The molecule has 158 valence electrons. The van der Waals surface area contributed by atoms with Gasteiger partial charge in [0.05, 0.1) is 18.4 Å². The normalized spacial score (nSPS) is 17.3. The largest absolute Gasteiger partial charge is 0.467 e. The number of nitrogens with one attached hydrogen (secondary N) is 2. The van der Waals surface area contributed by atoms with E-state index < -0.39 is 0 Å². The average molecular weight is 415 g/mol. The Bertz CT molecular complexity index is 1130. The summed E-state index contributed by atoms with van der Waals surface area (Å²) in [6.45, 7) is 2.71. The molecule has 1 saturated carbocycles. The molecule has 0 saturated heterocycles. The predicted octanol–water partition coefficient (Wildman–Crippen LogP) is 4.38. The van der Waals surface area contributed by atoms with Gasteiger partial charge in [-0.25, -0.2) is 0 Å². The monoisotopic (exact) mass is 415 g/mol. The van der Waals surface area contributed by atoms with Gasteiger partial charge in [0.1, 0.15) is 5.76 Å². The number of benzene rings is 2. The van der Waals surface area contributed by atoms with E-state index in [-0.39, 0.29) is 17.9 Å². The molecule has 0 spiro atoms. The highest BCUT2D eigenvalue weighted by atomic mass is 16.3. The molecule has 3 aromatic rings. The third kappa shape index (κ3) is 4.06. The fourth-order valence-electron chi connectivity index (χ4n) is 4.12. The Labute approximate surface area is 181 Å². The quantitative estimate of drug-likeness (QED) is 0.627. The van der Waals surface area contributed by atoms with Crippen molar-refractivity contribution in [2.45, 2.75) is 44.8 Å². The molecule has 2 amide bonds. The van der Waals surface area contributed by atoms with Crippen LogP contribution >= 0.6 is 0 Å². The number of carbonyl (C=O) groups is 2. The van der Waals surface area contributed by atoms with Gasteiger partial charge in [0, 0.05) is 29.0 Å². The number of amides is 2. The lowest BCUT2D eigenvalue weighted by Crippen LogP contribution is -2.29. The first-order valence-corrected chi connectivity index (χ1v) is 10.7. The maximum absolute atomic E-state index is 13.0. The Morgan fingerprint density at radius 3 is 2.74 bits per heavy atom. The Kier molecular flexibility index (Phi) is 4.98. The van der Waals surface area contributed by atoms with Crippen LogP contribution in [-0.4, -0.2) is 23.9 Å². The Morgan fingerprint density at radius 2 is 1.90 bits per heavy atom. The molecule has 2 heterocycles. The third-order valence-electron chi connectivity index (χ3n) is 5.95. The highest BCUT2D eigenvalue weighted by molar-refractivity contribution is 6.05. The molecule has 1 aliphatic heterocycles. The van der Waals surface area contributed by atoms with Crippen molar-refractivity contribution in [1.82, 2.24) is 5.32 Å². The number of furan rings is 1. The zero-order valence-electron chi connectivity index (χ0n) is 17.4. The Hall–Kier alpha value is -3.54. The van der Waals surface area contributed by atoms with Crippen molar-refractivity contribution in [1.29, 1.82) is 0 Å². The minimum absolute atomic E-state index is 0.107. The van der Waals surface area contributed by atoms with E-state index in [1.807, 2.05) is 6.07 Å². The maximum atomic E-state index is 13.0. The van der Waals surface area contributed by atoms with Crippen molar-refractivity contribution in [3.05, 3.63) is 83.3 Å². The summed E-state index contributed by atoms with van der Waals surface area (Å²) in [4.78, 5) is 27.5. The van der Waals surface area contributed by atoms with E-state index in [9.17, 15) is 9.59 Å². The van der Waals surface area contributed by atoms with Crippen molar-refractivity contribution < 1.29 is 14.0 Å². The van der Waals surface area contributed by atoms with Gasteiger partial charge in [0.25, 0.3) is 11.8 Å². The number of hydrogen-bond acceptors (Lipinski definition) is 4. The smallest absolute Gasteiger partial charge is 0.259 e. The van der Waals surface area contributed by atoms with Crippen LogP contribution in [-0.2, 0) is 13.0 Å². The van der Waals surface area contributed by atoms with E-state index in [1.165, 1.54) is 11.3 Å². The summed E-state index contributed by atoms with van der Waals surface area (Å²) in [5.41, 5.74) is 4.13. The lowest BCUT2D eigenvalue weighted by molar-refractivity contribution is 0.0949. The van der Waals surface area contributed by atoms with Gasteiger partial charge in [-0.1, -0.05) is 24.3 Å². The standard InChI is InChI=1S/C25H25N3O3/c1-16-13-17-5-2-3-8-22(17)28(16)15-23-21(11-12-31-23)25(30)27-20-7-4-6-18(14-20)24(29)26-19-9-10-19/h2-8,11-12,14,16,19H,9-10,13,15H2,1H3,(H,26,29)(H,27,30). The third-order valence-corrected chi connectivity index (χ3v) is 5.95. The zero-order chi connectivity index (χ0) is 21.4. The van der Waals surface area contributed by atoms with Crippen LogP contribution in [0.25, 0.3) is 0 Å². The summed E-state index contributed by atoms with van der Waals surface area (Å²) < 4.78 is 5.69. The number of para-hydroxylation sites is 1. The number of rotatable bonds is 6. The molecule has 2 aromatic carbocycles. The van der Waals surface area contributed by atoms with E-state index in [2.05, 4.69) is 40.7 Å². The molecule has 0 bridgehead atoms. The van der Waals surface area contributed by atoms with Gasteiger partial charge in [-0.15, -0.1) is 0 Å². The second kappa shape index (κ2) is 7.95. The fourth-order valence-corrected chi connectivity index (χ4v) is 4.12. The summed E-state index contributed by atoms with van der Waals surface area (Å²) in [6.07, 6.45) is 4.60. The van der Waals surface area contributed by atoms with E-state index >= 15 is 0 Å². The molecular formula is C25H25N3O3. The molecule has 6 nitrogen and oxygen atoms in total. The topological polar surface area (TPSA) is 74.6 Å². The SMILES string of the molecule is CC1Cc2ccccc2N1Cc1occc1C(=O)Nc1cccc(C(=O)NC2CC2)c1. The molecule has 6 heteroatoms. The van der Waals surface area contributed by atoms with Crippen molar-refractivity contribution in [3.8, 4) is 0 Å². The lowest BCUT2D eigenvalue weighted by Gasteiger charge is -2.24. The number of nitrogens with zero attached hydrogens (tertiary/aromatic N) is 1. The van der Waals surface area contributed by atoms with E-state index in [0.29, 0.717) is 35.2 Å². The predicted molar refractivity (Wildman–Crippen MR) is 119 cm³/mol.